The van der Waals surface area contributed by atoms with Crippen LogP contribution in [0.25, 0.3) is 0 Å². The van der Waals surface area contributed by atoms with E-state index in [2.05, 4.69) is 5.32 Å². The summed E-state index contributed by atoms with van der Waals surface area (Å²) in [6, 6.07) is 6.34. The van der Waals surface area contributed by atoms with E-state index in [1.807, 2.05) is 0 Å². The number of carbonyl (C=O) groups is 2. The number of carbonyl (C=O) groups excluding carboxylic acids is 1. The van der Waals surface area contributed by atoms with Crippen LogP contribution < -0.4 is 10.1 Å². The van der Waals surface area contributed by atoms with Gasteiger partial charge in [-0.3, -0.25) is 4.79 Å². The van der Waals surface area contributed by atoms with E-state index in [9.17, 15) is 18.0 Å². The molecule has 1 aromatic carbocycles. The van der Waals surface area contributed by atoms with E-state index in [1.54, 1.807) is 31.2 Å². The zero-order valence-corrected chi connectivity index (χ0v) is 16.2. The van der Waals surface area contributed by atoms with Crippen LogP contribution in [0.2, 0.25) is 0 Å². The highest BCUT2D eigenvalue weighted by molar-refractivity contribution is 7.89. The maximum Gasteiger partial charge on any atom is 0.341 e. The summed E-state index contributed by atoms with van der Waals surface area (Å²) < 4.78 is 30.9. The Hall–Kier alpha value is -2.13. The largest absolute Gasteiger partial charge is 0.482 e. The highest BCUT2D eigenvalue weighted by Gasteiger charge is 2.37. The minimum absolute atomic E-state index is 0.0626. The smallest absolute Gasteiger partial charge is 0.341 e. The lowest BCUT2D eigenvalue weighted by Crippen LogP contribution is -2.46. The number of sulfonamides is 1. The van der Waals surface area contributed by atoms with Gasteiger partial charge in [-0.1, -0.05) is 19.1 Å². The third-order valence-corrected chi connectivity index (χ3v) is 6.40. The van der Waals surface area contributed by atoms with Gasteiger partial charge >= 0.3 is 5.97 Å². The number of hydrogen-bond donors (Lipinski definition) is 2. The lowest BCUT2D eigenvalue weighted by Gasteiger charge is -2.23. The fourth-order valence-corrected chi connectivity index (χ4v) is 4.80. The Morgan fingerprint density at radius 3 is 2.63 bits per heavy atom. The van der Waals surface area contributed by atoms with Crippen molar-refractivity contribution in [1.29, 1.82) is 0 Å². The summed E-state index contributed by atoms with van der Waals surface area (Å²) in [6.07, 6.45) is 2.35. The van der Waals surface area contributed by atoms with Crippen molar-refractivity contribution in [2.45, 2.75) is 38.6 Å². The Kier molecular flexibility index (Phi) is 7.61. The molecule has 1 heterocycles. The van der Waals surface area contributed by atoms with E-state index in [0.29, 0.717) is 44.5 Å². The maximum absolute atomic E-state index is 12.4. The average Bonchev–Trinajstić information content (AvgIpc) is 3.12. The molecule has 0 radical (unpaired) electrons. The van der Waals surface area contributed by atoms with Crippen LogP contribution in [0.1, 0.15) is 31.7 Å². The minimum atomic E-state index is -3.38. The highest BCUT2D eigenvalue weighted by atomic mass is 32.2. The summed E-state index contributed by atoms with van der Waals surface area (Å²) in [7, 11) is -3.38. The second-order valence-corrected chi connectivity index (χ2v) is 8.49. The van der Waals surface area contributed by atoms with Crippen LogP contribution in [0.3, 0.4) is 0 Å². The molecule has 150 valence electrons. The summed E-state index contributed by atoms with van der Waals surface area (Å²) in [5.74, 6) is -0.766. The summed E-state index contributed by atoms with van der Waals surface area (Å²) in [5.41, 5.74) is 0.958. The molecule has 1 aromatic rings. The third-order valence-electron chi connectivity index (χ3n) is 4.32. The standard InChI is InChI=1S/C18H26N2O6S/c1-2-12-27(24,25)20-11-3-4-16(20)18(23)19-10-9-14-5-7-15(8-6-14)26-13-17(21)22/h5-8,16H,2-4,9-13H2,1H3,(H,19,23)(H,21,22). The molecular formula is C18H26N2O6S. The molecule has 1 aliphatic heterocycles. The number of ether oxygens (including phenoxy) is 1. The number of nitrogens with one attached hydrogen (secondary N) is 1. The molecule has 1 aliphatic rings. The van der Waals surface area contributed by atoms with Crippen LogP contribution in [-0.4, -0.2) is 61.2 Å². The molecular weight excluding hydrogens is 372 g/mol. The van der Waals surface area contributed by atoms with E-state index < -0.39 is 28.6 Å². The van der Waals surface area contributed by atoms with Gasteiger partial charge in [0.1, 0.15) is 11.8 Å². The van der Waals surface area contributed by atoms with Gasteiger partial charge in [0.15, 0.2) is 6.61 Å². The minimum Gasteiger partial charge on any atom is -0.482 e. The lowest BCUT2D eigenvalue weighted by atomic mass is 10.1. The first kappa shape index (κ1) is 21.2. The quantitative estimate of drug-likeness (QED) is 0.608. The normalized spacial score (nSPS) is 17.6. The molecule has 1 unspecified atom stereocenters. The van der Waals surface area contributed by atoms with Gasteiger partial charge in [0.05, 0.1) is 5.75 Å². The molecule has 27 heavy (non-hydrogen) atoms. The first-order valence-electron chi connectivity index (χ1n) is 9.04. The van der Waals surface area contributed by atoms with Crippen LogP contribution in [0.5, 0.6) is 5.75 Å². The molecule has 0 aliphatic carbocycles. The molecule has 2 N–H and O–H groups in total. The Balaban J connectivity index is 1.82. The van der Waals surface area contributed by atoms with E-state index >= 15 is 0 Å². The number of rotatable bonds is 10. The molecule has 0 spiro atoms. The van der Waals surface area contributed by atoms with Crippen molar-refractivity contribution in [2.75, 3.05) is 25.4 Å². The van der Waals surface area contributed by atoms with E-state index in [0.717, 1.165) is 5.56 Å². The van der Waals surface area contributed by atoms with Crippen molar-refractivity contribution < 1.29 is 27.9 Å². The number of carboxylic acids is 1. The first-order chi connectivity index (χ1) is 12.8. The lowest BCUT2D eigenvalue weighted by molar-refractivity contribution is -0.139. The number of benzene rings is 1. The summed E-state index contributed by atoms with van der Waals surface area (Å²) in [6.45, 7) is 2.21. The second-order valence-electron chi connectivity index (χ2n) is 6.45. The number of amides is 1. The second kappa shape index (κ2) is 9.70. The zero-order chi connectivity index (χ0) is 19.9. The Morgan fingerprint density at radius 1 is 1.30 bits per heavy atom. The van der Waals surface area contributed by atoms with Gasteiger partial charge in [0.25, 0.3) is 0 Å². The molecule has 0 saturated carbocycles. The van der Waals surface area contributed by atoms with Crippen LogP contribution in [0.15, 0.2) is 24.3 Å². The molecule has 2 rings (SSSR count). The first-order valence-corrected chi connectivity index (χ1v) is 10.6. The monoisotopic (exact) mass is 398 g/mol. The molecule has 1 saturated heterocycles. The molecule has 1 amide bonds. The number of aliphatic carboxylic acids is 1. The van der Waals surface area contributed by atoms with Crippen molar-refractivity contribution in [3.63, 3.8) is 0 Å². The molecule has 1 atom stereocenters. The Bertz CT molecular complexity index is 748. The van der Waals surface area contributed by atoms with Crippen molar-refractivity contribution >= 4 is 21.9 Å². The average molecular weight is 398 g/mol. The molecule has 8 nitrogen and oxygen atoms in total. The van der Waals surface area contributed by atoms with Crippen LogP contribution in [0, 0.1) is 0 Å². The number of carboxylic acid groups (broad SMARTS) is 1. The van der Waals surface area contributed by atoms with Gasteiger partial charge in [-0.05, 0) is 43.4 Å². The number of hydrogen-bond acceptors (Lipinski definition) is 5. The van der Waals surface area contributed by atoms with Gasteiger partial charge in [0, 0.05) is 13.1 Å². The van der Waals surface area contributed by atoms with Crippen molar-refractivity contribution in [2.24, 2.45) is 0 Å². The summed E-state index contributed by atoms with van der Waals surface area (Å²) >= 11 is 0. The maximum atomic E-state index is 12.4. The highest BCUT2D eigenvalue weighted by Crippen LogP contribution is 2.22. The van der Waals surface area contributed by atoms with Gasteiger partial charge < -0.3 is 15.2 Å². The third kappa shape index (κ3) is 6.21. The fraction of sp³-hybridized carbons (Fsp3) is 0.556. The topological polar surface area (TPSA) is 113 Å². The summed E-state index contributed by atoms with van der Waals surface area (Å²) in [5, 5.41) is 11.4. The molecule has 1 fully saturated rings. The molecule has 0 aromatic heterocycles. The van der Waals surface area contributed by atoms with Crippen LogP contribution >= 0.6 is 0 Å². The number of nitrogens with zero attached hydrogens (tertiary/aromatic N) is 1. The van der Waals surface area contributed by atoms with Gasteiger partial charge in [0.2, 0.25) is 15.9 Å². The Labute approximate surface area is 159 Å². The van der Waals surface area contributed by atoms with E-state index in [-0.39, 0.29) is 11.7 Å². The van der Waals surface area contributed by atoms with Crippen LogP contribution in [-0.2, 0) is 26.0 Å². The Morgan fingerprint density at radius 2 is 2.00 bits per heavy atom. The molecule has 0 bridgehead atoms. The van der Waals surface area contributed by atoms with Crippen molar-refractivity contribution in [1.82, 2.24) is 9.62 Å². The zero-order valence-electron chi connectivity index (χ0n) is 15.4. The molecule has 9 heteroatoms. The van der Waals surface area contributed by atoms with Crippen molar-refractivity contribution in [3.8, 4) is 5.75 Å². The van der Waals surface area contributed by atoms with Gasteiger partial charge in [-0.25, -0.2) is 13.2 Å². The predicted octanol–water partition coefficient (Wildman–Crippen LogP) is 1.01. The summed E-state index contributed by atoms with van der Waals surface area (Å²) in [4.78, 5) is 22.9. The fourth-order valence-electron chi connectivity index (χ4n) is 3.06. The van der Waals surface area contributed by atoms with E-state index in [4.69, 9.17) is 9.84 Å². The van der Waals surface area contributed by atoms with Crippen molar-refractivity contribution in [3.05, 3.63) is 29.8 Å². The van der Waals surface area contributed by atoms with Gasteiger partial charge in [-0.2, -0.15) is 4.31 Å². The SMILES string of the molecule is CCCS(=O)(=O)N1CCCC1C(=O)NCCc1ccc(OCC(=O)O)cc1. The van der Waals surface area contributed by atoms with Crippen LogP contribution in [0.4, 0.5) is 0 Å². The van der Waals surface area contributed by atoms with Gasteiger partial charge in [-0.15, -0.1) is 0 Å². The predicted molar refractivity (Wildman–Crippen MR) is 100 cm³/mol. The van der Waals surface area contributed by atoms with E-state index in [1.165, 1.54) is 4.31 Å².